The Morgan fingerprint density at radius 3 is 2.50 bits per heavy atom. The van der Waals surface area contributed by atoms with Gasteiger partial charge in [0.25, 0.3) is 0 Å². The van der Waals surface area contributed by atoms with E-state index in [4.69, 9.17) is 0 Å². The van der Waals surface area contributed by atoms with Gasteiger partial charge in [0.15, 0.2) is 0 Å². The van der Waals surface area contributed by atoms with Gasteiger partial charge in [-0.2, -0.15) is 0 Å². The van der Waals surface area contributed by atoms with Crippen molar-refractivity contribution in [1.82, 2.24) is 0 Å². The minimum atomic E-state index is -0.117. The van der Waals surface area contributed by atoms with Gasteiger partial charge in [0, 0.05) is 0 Å². The van der Waals surface area contributed by atoms with Crippen LogP contribution >= 0.6 is 0 Å². The highest BCUT2D eigenvalue weighted by molar-refractivity contribution is 5.41. The number of hydrogen-bond acceptors (Lipinski definition) is 1. The van der Waals surface area contributed by atoms with Gasteiger partial charge in [0.1, 0.15) is 0 Å². The first-order valence-corrected chi connectivity index (χ1v) is 6.30. The van der Waals surface area contributed by atoms with E-state index in [0.717, 1.165) is 6.42 Å². The van der Waals surface area contributed by atoms with Crippen molar-refractivity contribution in [1.29, 1.82) is 0 Å². The molecule has 0 aromatic heterocycles. The van der Waals surface area contributed by atoms with Crippen molar-refractivity contribution in [2.24, 2.45) is 11.3 Å². The standard InChI is InChI=1S/C15H20O/c1-9-8-12-13(15(2,3)14(12)16)11-7-5-4-6-10(9)11/h4-7,9,12-14,16H,8H2,1-3H3. The molecular formula is C15H20O. The third kappa shape index (κ3) is 1.10. The highest BCUT2D eigenvalue weighted by Gasteiger charge is 2.58. The lowest BCUT2D eigenvalue weighted by Crippen LogP contribution is -2.57. The normalized spacial score (nSPS) is 39.5. The summed E-state index contributed by atoms with van der Waals surface area (Å²) in [5.41, 5.74) is 3.05. The van der Waals surface area contributed by atoms with Crippen LogP contribution in [0.25, 0.3) is 0 Å². The molecule has 1 nitrogen and oxygen atoms in total. The van der Waals surface area contributed by atoms with E-state index in [-0.39, 0.29) is 11.5 Å². The smallest absolute Gasteiger partial charge is 0.0631 e. The van der Waals surface area contributed by atoms with Crippen LogP contribution in [0.2, 0.25) is 0 Å². The average molecular weight is 216 g/mol. The number of benzene rings is 1. The maximum Gasteiger partial charge on any atom is 0.0631 e. The van der Waals surface area contributed by atoms with E-state index in [1.807, 2.05) is 0 Å². The number of hydrogen-bond donors (Lipinski definition) is 1. The highest BCUT2D eigenvalue weighted by atomic mass is 16.3. The molecule has 4 unspecified atom stereocenters. The first kappa shape index (κ1) is 10.3. The Bertz CT molecular complexity index is 421. The third-order valence-corrected chi connectivity index (χ3v) is 4.89. The molecule has 0 amide bonds. The summed E-state index contributed by atoms with van der Waals surface area (Å²) in [6.45, 7) is 6.68. The molecule has 0 bridgehead atoms. The summed E-state index contributed by atoms with van der Waals surface area (Å²) in [5.74, 6) is 1.65. The zero-order valence-corrected chi connectivity index (χ0v) is 10.3. The van der Waals surface area contributed by atoms with Crippen LogP contribution in [0.4, 0.5) is 0 Å². The van der Waals surface area contributed by atoms with Crippen molar-refractivity contribution in [3.8, 4) is 0 Å². The third-order valence-electron chi connectivity index (χ3n) is 4.89. The molecule has 0 spiro atoms. The Balaban J connectivity index is 2.10. The van der Waals surface area contributed by atoms with E-state index < -0.39 is 0 Å². The predicted octanol–water partition coefficient (Wildman–Crippen LogP) is 3.29. The van der Waals surface area contributed by atoms with Crippen LogP contribution in [0, 0.1) is 11.3 Å². The summed E-state index contributed by atoms with van der Waals surface area (Å²) in [5, 5.41) is 10.2. The van der Waals surface area contributed by atoms with E-state index in [2.05, 4.69) is 45.0 Å². The minimum Gasteiger partial charge on any atom is -0.392 e. The highest BCUT2D eigenvalue weighted by Crippen LogP contribution is 2.62. The zero-order valence-electron chi connectivity index (χ0n) is 10.3. The Hall–Kier alpha value is -0.820. The van der Waals surface area contributed by atoms with Gasteiger partial charge in [-0.05, 0) is 40.7 Å². The molecule has 1 aromatic carbocycles. The maximum absolute atomic E-state index is 10.2. The Morgan fingerprint density at radius 2 is 1.81 bits per heavy atom. The molecule has 2 aliphatic rings. The molecule has 1 heteroatoms. The quantitative estimate of drug-likeness (QED) is 0.705. The summed E-state index contributed by atoms with van der Waals surface area (Å²) < 4.78 is 0. The average Bonchev–Trinajstić information content (AvgIpc) is 2.28. The van der Waals surface area contributed by atoms with Crippen LogP contribution in [0.3, 0.4) is 0 Å². The molecule has 0 heterocycles. The van der Waals surface area contributed by atoms with Crippen LogP contribution < -0.4 is 0 Å². The Kier molecular flexibility index (Phi) is 2.00. The number of aliphatic hydroxyl groups is 1. The monoisotopic (exact) mass is 216 g/mol. The lowest BCUT2D eigenvalue weighted by Gasteiger charge is -2.59. The second kappa shape index (κ2) is 3.10. The topological polar surface area (TPSA) is 20.2 Å². The SMILES string of the molecule is CC1CC2C(O)C(C)(C)C2c2ccccc21. The van der Waals surface area contributed by atoms with Crippen LogP contribution in [0.1, 0.15) is 50.2 Å². The fourth-order valence-corrected chi connectivity index (χ4v) is 4.03. The number of rotatable bonds is 0. The van der Waals surface area contributed by atoms with Crippen LogP contribution in [0.15, 0.2) is 24.3 Å². The molecule has 4 atom stereocenters. The Morgan fingerprint density at radius 1 is 1.19 bits per heavy atom. The van der Waals surface area contributed by atoms with Gasteiger partial charge < -0.3 is 5.11 Å². The largest absolute Gasteiger partial charge is 0.392 e. The van der Waals surface area contributed by atoms with Crippen molar-refractivity contribution >= 4 is 0 Å². The molecule has 2 aliphatic carbocycles. The molecule has 1 fully saturated rings. The summed E-state index contributed by atoms with van der Waals surface area (Å²) >= 11 is 0. The van der Waals surface area contributed by atoms with Crippen molar-refractivity contribution < 1.29 is 5.11 Å². The van der Waals surface area contributed by atoms with Gasteiger partial charge >= 0.3 is 0 Å². The van der Waals surface area contributed by atoms with Crippen LogP contribution in [-0.4, -0.2) is 11.2 Å². The number of aliphatic hydroxyl groups excluding tert-OH is 1. The fourth-order valence-electron chi connectivity index (χ4n) is 4.03. The van der Waals surface area contributed by atoms with E-state index in [1.165, 1.54) is 11.1 Å². The van der Waals surface area contributed by atoms with Gasteiger partial charge in [-0.1, -0.05) is 45.0 Å². The predicted molar refractivity (Wildman–Crippen MR) is 65.5 cm³/mol. The first-order chi connectivity index (χ1) is 7.53. The van der Waals surface area contributed by atoms with Gasteiger partial charge in [-0.15, -0.1) is 0 Å². The van der Waals surface area contributed by atoms with Crippen LogP contribution in [-0.2, 0) is 0 Å². The lowest BCUT2D eigenvalue weighted by atomic mass is 9.46. The zero-order chi connectivity index (χ0) is 11.5. The molecule has 1 saturated carbocycles. The van der Waals surface area contributed by atoms with E-state index in [1.54, 1.807) is 0 Å². The molecule has 3 rings (SSSR count). The molecular weight excluding hydrogens is 196 g/mol. The molecule has 86 valence electrons. The summed E-state index contributed by atoms with van der Waals surface area (Å²) in [7, 11) is 0. The lowest BCUT2D eigenvalue weighted by molar-refractivity contribution is -0.133. The minimum absolute atomic E-state index is 0.0565. The second-order valence-corrected chi connectivity index (χ2v) is 6.17. The van der Waals surface area contributed by atoms with E-state index in [9.17, 15) is 5.11 Å². The van der Waals surface area contributed by atoms with E-state index >= 15 is 0 Å². The van der Waals surface area contributed by atoms with Crippen molar-refractivity contribution in [2.75, 3.05) is 0 Å². The van der Waals surface area contributed by atoms with Gasteiger partial charge in [0.2, 0.25) is 0 Å². The first-order valence-electron chi connectivity index (χ1n) is 6.30. The Labute approximate surface area is 97.5 Å². The molecule has 0 saturated heterocycles. The van der Waals surface area contributed by atoms with Crippen molar-refractivity contribution in [3.05, 3.63) is 35.4 Å². The van der Waals surface area contributed by atoms with Gasteiger partial charge in [0.05, 0.1) is 6.10 Å². The summed E-state index contributed by atoms with van der Waals surface area (Å²) in [6, 6.07) is 8.79. The number of fused-ring (bicyclic) bond motifs is 3. The van der Waals surface area contributed by atoms with Gasteiger partial charge in [-0.25, -0.2) is 0 Å². The summed E-state index contributed by atoms with van der Waals surface area (Å²) in [6.07, 6.45) is 1.03. The van der Waals surface area contributed by atoms with Crippen molar-refractivity contribution in [3.63, 3.8) is 0 Å². The molecule has 1 N–H and O–H groups in total. The van der Waals surface area contributed by atoms with E-state index in [0.29, 0.717) is 17.8 Å². The molecule has 0 radical (unpaired) electrons. The van der Waals surface area contributed by atoms with Gasteiger partial charge in [-0.3, -0.25) is 0 Å². The summed E-state index contributed by atoms with van der Waals surface area (Å²) in [4.78, 5) is 0. The van der Waals surface area contributed by atoms with Crippen molar-refractivity contribution in [2.45, 2.75) is 45.1 Å². The molecule has 1 aromatic rings. The molecule has 0 aliphatic heterocycles. The maximum atomic E-state index is 10.2. The molecule has 16 heavy (non-hydrogen) atoms. The van der Waals surface area contributed by atoms with Crippen LogP contribution in [0.5, 0.6) is 0 Å². The fraction of sp³-hybridized carbons (Fsp3) is 0.600. The second-order valence-electron chi connectivity index (χ2n) is 6.17.